The molecule has 0 radical (unpaired) electrons. The van der Waals surface area contributed by atoms with E-state index in [4.69, 9.17) is 21.1 Å². The summed E-state index contributed by atoms with van der Waals surface area (Å²) in [6.45, 7) is 2.01. The molecular formula is C39H31N5. The Balaban J connectivity index is 1.64. The van der Waals surface area contributed by atoms with Crippen LogP contribution in [0.1, 0.15) is 16.7 Å². The molecule has 6 aromatic rings. The second-order valence-electron chi connectivity index (χ2n) is 10.4. The van der Waals surface area contributed by atoms with Crippen LogP contribution in [-0.2, 0) is 0 Å². The molecule has 6 rings (SSSR count). The van der Waals surface area contributed by atoms with Crippen molar-refractivity contribution in [3.05, 3.63) is 168 Å². The van der Waals surface area contributed by atoms with Crippen molar-refractivity contribution in [2.75, 3.05) is 0 Å². The summed E-state index contributed by atoms with van der Waals surface area (Å²) in [4.78, 5) is 14.8. The van der Waals surface area contributed by atoms with Crippen molar-refractivity contribution >= 4 is 22.4 Å². The predicted molar refractivity (Wildman–Crippen MR) is 182 cm³/mol. The lowest BCUT2D eigenvalue weighted by Gasteiger charge is -2.13. The van der Waals surface area contributed by atoms with Gasteiger partial charge in [0.05, 0.1) is 11.4 Å². The number of hydrogen-bond donors (Lipinski definition) is 2. The zero-order valence-corrected chi connectivity index (χ0v) is 24.4. The van der Waals surface area contributed by atoms with Crippen molar-refractivity contribution < 1.29 is 0 Å². The van der Waals surface area contributed by atoms with Crippen LogP contribution < -0.4 is 5.73 Å². The number of hydrogen-bond acceptors (Lipinski definition) is 3. The highest BCUT2D eigenvalue weighted by molar-refractivity contribution is 6.12. The molecule has 5 heteroatoms. The third kappa shape index (κ3) is 6.27. The van der Waals surface area contributed by atoms with E-state index in [0.29, 0.717) is 22.5 Å². The number of nitrogens with one attached hydrogen (secondary N) is 1. The molecular weight excluding hydrogens is 538 g/mol. The number of rotatable bonds is 5. The van der Waals surface area contributed by atoms with Gasteiger partial charge in [0, 0.05) is 27.8 Å². The first-order chi connectivity index (χ1) is 21.6. The number of aromatic nitrogens is 2. The zero-order valence-electron chi connectivity index (χ0n) is 24.4. The monoisotopic (exact) mass is 569 g/mol. The number of amidine groups is 2. The lowest BCUT2D eigenvalue weighted by Crippen LogP contribution is -2.17. The van der Waals surface area contributed by atoms with Crippen molar-refractivity contribution in [2.24, 2.45) is 10.7 Å². The summed E-state index contributed by atoms with van der Waals surface area (Å²) < 4.78 is 0. The van der Waals surface area contributed by atoms with E-state index < -0.39 is 0 Å². The van der Waals surface area contributed by atoms with E-state index in [2.05, 4.69) is 35.3 Å². The molecule has 5 aromatic carbocycles. The highest BCUT2D eigenvalue weighted by Gasteiger charge is 2.16. The topological polar surface area (TPSA) is 88.0 Å². The molecule has 0 atom stereocenters. The summed E-state index contributed by atoms with van der Waals surface area (Å²) in [7, 11) is 0. The van der Waals surface area contributed by atoms with E-state index in [9.17, 15) is 0 Å². The number of aryl methyl sites for hydroxylation is 1. The van der Waals surface area contributed by atoms with Gasteiger partial charge in [-0.25, -0.2) is 15.0 Å². The molecule has 3 N–H and O–H groups in total. The molecule has 0 spiro atoms. The maximum absolute atomic E-state index is 8.66. The van der Waals surface area contributed by atoms with Crippen LogP contribution in [0.15, 0.2) is 157 Å². The van der Waals surface area contributed by atoms with E-state index >= 15 is 0 Å². The maximum Gasteiger partial charge on any atom is 0.161 e. The van der Waals surface area contributed by atoms with Crippen LogP contribution in [0.3, 0.4) is 0 Å². The number of nitrogens with two attached hydrogens (primary N) is 1. The van der Waals surface area contributed by atoms with E-state index in [1.54, 1.807) is 0 Å². The first kappa shape index (κ1) is 28.2. The van der Waals surface area contributed by atoms with Crippen LogP contribution in [0.5, 0.6) is 0 Å². The minimum Gasteiger partial charge on any atom is -0.383 e. The number of aliphatic imine (C=N–C) groups is 1. The predicted octanol–water partition coefficient (Wildman–Crippen LogP) is 8.79. The van der Waals surface area contributed by atoms with Gasteiger partial charge in [0.15, 0.2) is 11.7 Å². The SMILES string of the molecule is Cc1ccccccc(-c2nc(-c3ccccc3)cc(-c3cccc4ccccc34)n2)c(/C(N)=N/C(=N)c2ccccc2)c1. The Hall–Kier alpha value is -5.94. The quantitative estimate of drug-likeness (QED) is 0.161. The van der Waals surface area contributed by atoms with Gasteiger partial charge in [0.1, 0.15) is 5.84 Å². The third-order valence-electron chi connectivity index (χ3n) is 7.28. The summed E-state index contributed by atoms with van der Waals surface area (Å²) in [6, 6.07) is 49.9. The third-order valence-corrected chi connectivity index (χ3v) is 7.28. The van der Waals surface area contributed by atoms with Gasteiger partial charge in [-0.05, 0) is 29.8 Å². The summed E-state index contributed by atoms with van der Waals surface area (Å²) in [5.74, 6) is 0.788. The number of benzene rings is 4. The van der Waals surface area contributed by atoms with E-state index in [1.165, 1.54) is 0 Å². The molecule has 0 aliphatic heterocycles. The number of nitrogens with zero attached hydrogens (tertiary/aromatic N) is 3. The maximum atomic E-state index is 8.66. The smallest absolute Gasteiger partial charge is 0.161 e. The van der Waals surface area contributed by atoms with Gasteiger partial charge in [0.2, 0.25) is 0 Å². The van der Waals surface area contributed by atoms with E-state index in [0.717, 1.165) is 38.9 Å². The van der Waals surface area contributed by atoms with Crippen molar-refractivity contribution in [1.29, 1.82) is 5.41 Å². The Bertz CT molecular complexity index is 2040. The summed E-state index contributed by atoms with van der Waals surface area (Å²) >= 11 is 0. The van der Waals surface area contributed by atoms with Gasteiger partial charge in [-0.3, -0.25) is 5.41 Å². The lowest BCUT2D eigenvalue weighted by molar-refractivity contribution is 1.18. The minimum absolute atomic E-state index is 0.0768. The molecule has 1 aromatic heterocycles. The average molecular weight is 570 g/mol. The molecule has 0 aliphatic rings. The Morgan fingerprint density at radius 3 is 2.00 bits per heavy atom. The van der Waals surface area contributed by atoms with Crippen LogP contribution in [0.25, 0.3) is 44.7 Å². The molecule has 0 saturated carbocycles. The van der Waals surface area contributed by atoms with E-state index in [1.807, 2.05) is 128 Å². The zero-order chi connectivity index (χ0) is 30.3. The summed E-state index contributed by atoms with van der Waals surface area (Å²) in [6.07, 6.45) is 0. The number of fused-ring (bicyclic) bond motifs is 1. The van der Waals surface area contributed by atoms with Crippen molar-refractivity contribution in [3.63, 3.8) is 0 Å². The molecule has 0 aliphatic carbocycles. The molecule has 0 fully saturated rings. The largest absolute Gasteiger partial charge is 0.383 e. The molecule has 0 saturated heterocycles. The molecule has 212 valence electrons. The van der Waals surface area contributed by atoms with Gasteiger partial charge in [0.25, 0.3) is 0 Å². The highest BCUT2D eigenvalue weighted by atomic mass is 14.9. The van der Waals surface area contributed by atoms with Gasteiger partial charge in [-0.15, -0.1) is 0 Å². The Morgan fingerprint density at radius 1 is 0.614 bits per heavy atom. The summed E-state index contributed by atoms with van der Waals surface area (Å²) in [5, 5.41) is 10.9. The van der Waals surface area contributed by atoms with Crippen LogP contribution in [0, 0.1) is 12.3 Å². The first-order valence-electron chi connectivity index (χ1n) is 14.4. The molecule has 0 bridgehead atoms. The second-order valence-corrected chi connectivity index (χ2v) is 10.4. The molecule has 0 unspecified atom stereocenters. The Morgan fingerprint density at radius 2 is 1.20 bits per heavy atom. The highest BCUT2D eigenvalue weighted by Crippen LogP contribution is 2.32. The van der Waals surface area contributed by atoms with Crippen LogP contribution in [-0.4, -0.2) is 21.6 Å². The van der Waals surface area contributed by atoms with Gasteiger partial charge in [-0.1, -0.05) is 145 Å². The van der Waals surface area contributed by atoms with Crippen molar-refractivity contribution in [3.8, 4) is 33.9 Å². The Labute approximate surface area is 257 Å². The van der Waals surface area contributed by atoms with Crippen LogP contribution in [0.2, 0.25) is 0 Å². The van der Waals surface area contributed by atoms with Gasteiger partial charge < -0.3 is 5.73 Å². The van der Waals surface area contributed by atoms with Crippen molar-refractivity contribution in [1.82, 2.24) is 9.97 Å². The first-order valence-corrected chi connectivity index (χ1v) is 14.4. The second kappa shape index (κ2) is 12.9. The van der Waals surface area contributed by atoms with Crippen LogP contribution in [0.4, 0.5) is 0 Å². The van der Waals surface area contributed by atoms with Gasteiger partial charge in [-0.2, -0.15) is 0 Å². The molecule has 0 amide bonds. The molecule has 1 heterocycles. The van der Waals surface area contributed by atoms with E-state index in [-0.39, 0.29) is 11.7 Å². The summed E-state index contributed by atoms with van der Waals surface area (Å²) in [5.41, 5.74) is 13.3. The fourth-order valence-electron chi connectivity index (χ4n) is 5.09. The molecule has 44 heavy (non-hydrogen) atoms. The normalized spacial score (nSPS) is 11.2. The standard InChI is InChI=1S/C39H31N5/c1-27-15-6-2-3-11-23-33(34(25-27)38(41)44-37(40)30-19-9-5-10-20-30)39-42-35(29-17-7-4-8-18-29)26-36(43-39)32-24-14-21-28-16-12-13-22-31(28)32/h2-26H,1H3,(H3,40,41,44). The fraction of sp³-hybridized carbons (Fsp3) is 0.0256. The fourth-order valence-corrected chi connectivity index (χ4v) is 5.09. The van der Waals surface area contributed by atoms with Crippen LogP contribution >= 0.6 is 0 Å². The molecule has 5 nitrogen and oxygen atoms in total. The van der Waals surface area contributed by atoms with Crippen molar-refractivity contribution in [2.45, 2.75) is 6.92 Å². The lowest BCUT2D eigenvalue weighted by atomic mass is 10.00. The minimum atomic E-state index is 0.0768. The average Bonchev–Trinajstić information content (AvgIpc) is 3.07. The Kier molecular flexibility index (Phi) is 8.28. The van der Waals surface area contributed by atoms with Gasteiger partial charge >= 0.3 is 0 Å².